The minimum atomic E-state index is -1.67. The zero-order valence-electron chi connectivity index (χ0n) is 11.1. The van der Waals surface area contributed by atoms with Crippen LogP contribution in [-0.2, 0) is 13.3 Å². The van der Waals surface area contributed by atoms with Gasteiger partial charge in [-0.3, -0.25) is 0 Å². The summed E-state index contributed by atoms with van der Waals surface area (Å²) in [5.74, 6) is 0. The minimum absolute atomic E-state index is 1.20. The molecule has 0 rings (SSSR count). The van der Waals surface area contributed by atoms with Crippen LogP contribution >= 0.6 is 0 Å². The van der Waals surface area contributed by atoms with Crippen LogP contribution in [0.2, 0.25) is 0 Å². The Bertz CT molecular complexity index is 103. The lowest BCUT2D eigenvalue weighted by Crippen LogP contribution is -2.23. The molecule has 0 atom stereocenters. The molecular weight excluding hydrogens is 210 g/mol. The third-order valence-electron chi connectivity index (χ3n) is 2.01. The van der Waals surface area contributed by atoms with Gasteiger partial charge in [0.15, 0.2) is 0 Å². The van der Waals surface area contributed by atoms with Crippen molar-refractivity contribution in [1.29, 1.82) is 0 Å². The highest BCUT2D eigenvalue weighted by molar-refractivity contribution is 6.36. The van der Waals surface area contributed by atoms with Gasteiger partial charge < -0.3 is 18.2 Å². The first-order valence-electron chi connectivity index (χ1n) is 5.50. The van der Waals surface area contributed by atoms with Crippen LogP contribution in [-0.4, -0.2) is 55.4 Å². The van der Waals surface area contributed by atoms with Gasteiger partial charge in [0.1, 0.15) is 0 Å². The first-order chi connectivity index (χ1) is 7.19. The third-order valence-corrected chi connectivity index (χ3v) is 3.17. The third kappa shape index (κ3) is 12.0. The van der Waals surface area contributed by atoms with E-state index in [0.717, 1.165) is 0 Å². The van der Waals surface area contributed by atoms with Crippen LogP contribution in [0, 0.1) is 0 Å². The predicted octanol–water partition coefficient (Wildman–Crippen LogP) is 1.38. The fourth-order valence-electron chi connectivity index (χ4n) is 1.14. The lowest BCUT2D eigenvalue weighted by molar-refractivity contribution is 0.163. The summed E-state index contributed by atoms with van der Waals surface area (Å²) in [5.41, 5.74) is 0. The Kier molecular flexibility index (Phi) is 16.4. The summed E-state index contributed by atoms with van der Waals surface area (Å²) in [4.78, 5) is 2.43. The first-order valence-corrected chi connectivity index (χ1v) is 6.92. The Morgan fingerprint density at radius 3 is 1.33 bits per heavy atom. The summed E-state index contributed by atoms with van der Waals surface area (Å²) in [6.45, 7) is 10.3. The van der Waals surface area contributed by atoms with Gasteiger partial charge in [0.25, 0.3) is 0 Å². The van der Waals surface area contributed by atoms with Crippen LogP contribution in [0.4, 0.5) is 0 Å². The van der Waals surface area contributed by atoms with Gasteiger partial charge in [0.05, 0.1) is 0 Å². The Balaban J connectivity index is 0. The molecule has 0 aromatic carbocycles. The highest BCUT2D eigenvalue weighted by Crippen LogP contribution is 1.87. The molecule has 0 amide bonds. The fraction of sp³-hybridized carbons (Fsp3) is 1.00. The van der Waals surface area contributed by atoms with Crippen LogP contribution in [0.5, 0.6) is 0 Å². The smallest absolute Gasteiger partial charge is 0.379 e. The maximum Gasteiger partial charge on any atom is 0.483 e. The SMILES string of the molecule is CCCN(CC)CC.CO[SiH](OC)OC. The zero-order valence-corrected chi connectivity index (χ0v) is 12.2. The van der Waals surface area contributed by atoms with E-state index in [2.05, 4.69) is 25.7 Å². The molecule has 0 aliphatic rings. The second-order valence-electron chi connectivity index (χ2n) is 3.02. The van der Waals surface area contributed by atoms with Crippen molar-refractivity contribution in [3.05, 3.63) is 0 Å². The highest BCUT2D eigenvalue weighted by Gasteiger charge is 2.04. The van der Waals surface area contributed by atoms with E-state index in [-0.39, 0.29) is 0 Å². The molecule has 0 heterocycles. The van der Waals surface area contributed by atoms with Gasteiger partial charge in [-0.1, -0.05) is 20.8 Å². The standard InChI is InChI=1S/C7H17N.C3H10O3Si/c1-4-7-8(5-2)6-3;1-4-7(5-2)6-3/h4-7H2,1-3H3;7H,1-3H3. The van der Waals surface area contributed by atoms with E-state index in [1.54, 1.807) is 21.3 Å². The normalized spacial score (nSPS) is 10.4. The molecular formula is C10H27NO3Si. The van der Waals surface area contributed by atoms with E-state index >= 15 is 0 Å². The summed E-state index contributed by atoms with van der Waals surface area (Å²) < 4.78 is 14.2. The number of nitrogens with zero attached hydrogens (tertiary/aromatic N) is 1. The summed E-state index contributed by atoms with van der Waals surface area (Å²) in [5, 5.41) is 0. The second-order valence-corrected chi connectivity index (χ2v) is 5.01. The van der Waals surface area contributed by atoms with Crippen LogP contribution < -0.4 is 0 Å². The van der Waals surface area contributed by atoms with Gasteiger partial charge in [0, 0.05) is 21.3 Å². The molecule has 0 saturated carbocycles. The van der Waals surface area contributed by atoms with Gasteiger partial charge >= 0.3 is 9.53 Å². The summed E-state index contributed by atoms with van der Waals surface area (Å²) in [7, 11) is 3.05. The summed E-state index contributed by atoms with van der Waals surface area (Å²) in [6.07, 6.45) is 1.28. The molecule has 0 aliphatic carbocycles. The molecule has 4 nitrogen and oxygen atoms in total. The molecule has 0 fully saturated rings. The molecule has 0 bridgehead atoms. The van der Waals surface area contributed by atoms with Crippen LogP contribution in [0.1, 0.15) is 27.2 Å². The van der Waals surface area contributed by atoms with E-state index in [9.17, 15) is 0 Å². The molecule has 0 spiro atoms. The van der Waals surface area contributed by atoms with Crippen molar-refractivity contribution in [2.45, 2.75) is 27.2 Å². The molecule has 0 aromatic rings. The predicted molar refractivity (Wildman–Crippen MR) is 66.3 cm³/mol. The molecule has 94 valence electrons. The average molecular weight is 237 g/mol. The highest BCUT2D eigenvalue weighted by atomic mass is 28.3. The largest absolute Gasteiger partial charge is 0.483 e. The van der Waals surface area contributed by atoms with Gasteiger partial charge in [-0.15, -0.1) is 0 Å². The van der Waals surface area contributed by atoms with Gasteiger partial charge in [0.2, 0.25) is 0 Å². The monoisotopic (exact) mass is 237 g/mol. The molecule has 0 N–H and O–H groups in total. The Labute approximate surface area is 96.5 Å². The van der Waals surface area contributed by atoms with Crippen molar-refractivity contribution in [1.82, 2.24) is 4.90 Å². The van der Waals surface area contributed by atoms with E-state index in [1.165, 1.54) is 26.1 Å². The van der Waals surface area contributed by atoms with Crippen molar-refractivity contribution in [3.8, 4) is 0 Å². The summed E-state index contributed by atoms with van der Waals surface area (Å²) in [6, 6.07) is 0. The Morgan fingerprint density at radius 1 is 0.867 bits per heavy atom. The van der Waals surface area contributed by atoms with Crippen molar-refractivity contribution < 1.29 is 13.3 Å². The Hall–Kier alpha value is 0.0569. The zero-order chi connectivity index (χ0) is 12.1. The fourth-order valence-corrected chi connectivity index (χ4v) is 1.72. The second kappa shape index (κ2) is 14.1. The maximum absolute atomic E-state index is 4.74. The van der Waals surface area contributed by atoms with Crippen molar-refractivity contribution in [2.75, 3.05) is 41.0 Å². The lowest BCUT2D eigenvalue weighted by Gasteiger charge is -2.15. The quantitative estimate of drug-likeness (QED) is 0.626. The number of hydrogen-bond acceptors (Lipinski definition) is 4. The Morgan fingerprint density at radius 2 is 1.27 bits per heavy atom. The van der Waals surface area contributed by atoms with Crippen molar-refractivity contribution in [3.63, 3.8) is 0 Å². The molecule has 5 heteroatoms. The van der Waals surface area contributed by atoms with Crippen molar-refractivity contribution in [2.24, 2.45) is 0 Å². The molecule has 0 unspecified atom stereocenters. The summed E-state index contributed by atoms with van der Waals surface area (Å²) >= 11 is 0. The number of rotatable bonds is 7. The topological polar surface area (TPSA) is 30.9 Å². The molecule has 15 heavy (non-hydrogen) atoms. The molecule has 0 radical (unpaired) electrons. The van der Waals surface area contributed by atoms with E-state index < -0.39 is 9.53 Å². The van der Waals surface area contributed by atoms with E-state index in [1.807, 2.05) is 0 Å². The van der Waals surface area contributed by atoms with Crippen LogP contribution in [0.15, 0.2) is 0 Å². The van der Waals surface area contributed by atoms with Gasteiger partial charge in [-0.25, -0.2) is 0 Å². The van der Waals surface area contributed by atoms with E-state index in [4.69, 9.17) is 13.3 Å². The van der Waals surface area contributed by atoms with Crippen molar-refractivity contribution >= 4 is 9.53 Å². The molecule has 0 aliphatic heterocycles. The minimum Gasteiger partial charge on any atom is -0.379 e. The van der Waals surface area contributed by atoms with Gasteiger partial charge in [-0.05, 0) is 26.1 Å². The lowest BCUT2D eigenvalue weighted by atomic mass is 10.4. The van der Waals surface area contributed by atoms with Crippen LogP contribution in [0.25, 0.3) is 0 Å². The first kappa shape index (κ1) is 17.5. The molecule has 0 saturated heterocycles. The molecule has 0 aromatic heterocycles. The average Bonchev–Trinajstić information content (AvgIpc) is 2.29. The number of hydrogen-bond donors (Lipinski definition) is 0. The van der Waals surface area contributed by atoms with Crippen LogP contribution in [0.3, 0.4) is 0 Å². The van der Waals surface area contributed by atoms with Gasteiger partial charge in [-0.2, -0.15) is 0 Å². The van der Waals surface area contributed by atoms with E-state index in [0.29, 0.717) is 0 Å². The maximum atomic E-state index is 4.74.